The lowest BCUT2D eigenvalue weighted by Crippen LogP contribution is -2.33. The van der Waals surface area contributed by atoms with E-state index in [1.165, 1.54) is 6.26 Å². The van der Waals surface area contributed by atoms with Crippen molar-refractivity contribution in [1.82, 2.24) is 10.3 Å². The molecule has 0 radical (unpaired) electrons. The zero-order valence-corrected chi connectivity index (χ0v) is 24.2. The van der Waals surface area contributed by atoms with Crippen molar-refractivity contribution in [2.24, 2.45) is 0 Å². The van der Waals surface area contributed by atoms with Crippen molar-refractivity contribution in [3.8, 4) is 0 Å². The predicted molar refractivity (Wildman–Crippen MR) is 158 cm³/mol. The lowest BCUT2D eigenvalue weighted by molar-refractivity contribution is -0.192. The van der Waals surface area contributed by atoms with E-state index in [9.17, 15) is 26.4 Å². The van der Waals surface area contributed by atoms with Gasteiger partial charge in [-0.1, -0.05) is 55.8 Å². The third-order valence-corrected chi connectivity index (χ3v) is 7.46. The number of nitrogens with zero attached hydrogens (tertiary/aromatic N) is 1. The highest BCUT2D eigenvalue weighted by Gasteiger charge is 2.38. The Morgan fingerprint density at radius 3 is 2.37 bits per heavy atom. The summed E-state index contributed by atoms with van der Waals surface area (Å²) in [5.74, 6) is -2.57. The number of fused-ring (bicyclic) bond motifs is 1. The van der Waals surface area contributed by atoms with Crippen molar-refractivity contribution in [1.29, 1.82) is 0 Å². The molecular weight excluding hydrogens is 585 g/mol. The summed E-state index contributed by atoms with van der Waals surface area (Å²) in [6.07, 6.45) is -0.360. The first-order chi connectivity index (χ1) is 20.2. The maximum absolute atomic E-state index is 13.5. The molecule has 0 aliphatic carbocycles. The number of aliphatic carboxylic acids is 1. The molecule has 0 saturated heterocycles. The van der Waals surface area contributed by atoms with E-state index in [0.29, 0.717) is 11.4 Å². The lowest BCUT2D eigenvalue weighted by Gasteiger charge is -2.21. The molecule has 13 heteroatoms. The molecule has 4 rings (SSSR count). The third-order valence-electron chi connectivity index (χ3n) is 6.26. The summed E-state index contributed by atoms with van der Waals surface area (Å²) >= 11 is 0. The molecule has 0 aliphatic rings. The van der Waals surface area contributed by atoms with Crippen LogP contribution >= 0.6 is 0 Å². The first-order valence-electron chi connectivity index (χ1n) is 13.1. The summed E-state index contributed by atoms with van der Waals surface area (Å²) in [5, 5.41) is 15.2. The molecule has 4 aromatic rings. The monoisotopic (exact) mass is 616 g/mol. The molecule has 1 amide bonds. The number of pyridine rings is 1. The number of benzene rings is 3. The van der Waals surface area contributed by atoms with Crippen LogP contribution < -0.4 is 16.4 Å². The van der Waals surface area contributed by atoms with Gasteiger partial charge in [-0.2, -0.15) is 13.2 Å². The van der Waals surface area contributed by atoms with Gasteiger partial charge in [0.15, 0.2) is 9.84 Å². The van der Waals surface area contributed by atoms with Gasteiger partial charge < -0.3 is 21.5 Å². The smallest absolute Gasteiger partial charge is 0.475 e. The van der Waals surface area contributed by atoms with Gasteiger partial charge in [0, 0.05) is 30.1 Å². The molecule has 5 N–H and O–H groups in total. The second-order valence-corrected chi connectivity index (χ2v) is 11.6. The maximum Gasteiger partial charge on any atom is 0.490 e. The number of aromatic nitrogens is 1. The van der Waals surface area contributed by atoms with Crippen LogP contribution in [0.5, 0.6) is 0 Å². The van der Waals surface area contributed by atoms with Gasteiger partial charge in [-0.3, -0.25) is 4.79 Å². The molecule has 9 nitrogen and oxygen atoms in total. The molecular formula is C30H31F3N4O5S. The van der Waals surface area contributed by atoms with Crippen LogP contribution in [0, 0.1) is 0 Å². The van der Waals surface area contributed by atoms with Gasteiger partial charge in [-0.25, -0.2) is 18.2 Å². The number of carbonyl (C=O) groups is 2. The van der Waals surface area contributed by atoms with Crippen molar-refractivity contribution >= 4 is 44.0 Å². The summed E-state index contributed by atoms with van der Waals surface area (Å²) in [7, 11) is -3.42. The molecule has 0 saturated carbocycles. The van der Waals surface area contributed by atoms with E-state index in [1.54, 1.807) is 30.5 Å². The molecule has 1 aromatic heterocycles. The number of halogens is 3. The highest BCUT2D eigenvalue weighted by Crippen LogP contribution is 2.27. The summed E-state index contributed by atoms with van der Waals surface area (Å²) < 4.78 is 56.1. The first-order valence-corrected chi connectivity index (χ1v) is 14.9. The number of carboxylic acids is 1. The Morgan fingerprint density at radius 2 is 1.72 bits per heavy atom. The van der Waals surface area contributed by atoms with Crippen LogP contribution in [0.1, 0.15) is 36.1 Å². The fourth-order valence-corrected chi connectivity index (χ4v) is 5.21. The number of amides is 1. The van der Waals surface area contributed by atoms with Gasteiger partial charge in [-0.15, -0.1) is 0 Å². The average Bonchev–Trinajstić information content (AvgIpc) is 2.94. The van der Waals surface area contributed by atoms with Crippen LogP contribution in [0.3, 0.4) is 0 Å². The number of carbonyl (C=O) groups excluding carboxylic acids is 1. The van der Waals surface area contributed by atoms with Crippen LogP contribution in [0.2, 0.25) is 0 Å². The molecule has 0 spiro atoms. The highest BCUT2D eigenvalue weighted by molar-refractivity contribution is 7.90. The normalized spacial score (nSPS) is 12.1. The van der Waals surface area contributed by atoms with E-state index in [1.807, 2.05) is 42.5 Å². The number of aryl methyl sites for hydroxylation is 1. The van der Waals surface area contributed by atoms with E-state index < -0.39 is 28.0 Å². The lowest BCUT2D eigenvalue weighted by atomic mass is 10.00. The number of rotatable bonds is 9. The Kier molecular flexibility index (Phi) is 10.7. The molecule has 1 atom stereocenters. The van der Waals surface area contributed by atoms with Crippen LogP contribution in [0.15, 0.2) is 83.9 Å². The minimum absolute atomic E-state index is 0.0921. The Labute approximate surface area is 246 Å². The van der Waals surface area contributed by atoms with Crippen molar-refractivity contribution in [2.75, 3.05) is 17.3 Å². The van der Waals surface area contributed by atoms with Crippen molar-refractivity contribution in [2.45, 2.75) is 43.4 Å². The Hall–Kier alpha value is -4.65. The van der Waals surface area contributed by atoms with E-state index >= 15 is 0 Å². The summed E-state index contributed by atoms with van der Waals surface area (Å²) in [6.45, 7) is 2.21. The molecule has 43 heavy (non-hydrogen) atoms. The number of hydrogen-bond acceptors (Lipinski definition) is 7. The highest BCUT2D eigenvalue weighted by atomic mass is 32.2. The molecule has 1 unspecified atom stereocenters. The quantitative estimate of drug-likeness (QED) is 0.198. The molecule has 0 aliphatic heterocycles. The van der Waals surface area contributed by atoms with Gasteiger partial charge in [0.05, 0.1) is 4.90 Å². The number of alkyl halides is 3. The van der Waals surface area contributed by atoms with E-state index in [0.717, 1.165) is 40.4 Å². The fraction of sp³-hybridized carbons (Fsp3) is 0.233. The number of sulfone groups is 1. The number of anilines is 2. The van der Waals surface area contributed by atoms with Gasteiger partial charge in [0.2, 0.25) is 5.91 Å². The van der Waals surface area contributed by atoms with Crippen LogP contribution in [0.25, 0.3) is 10.8 Å². The largest absolute Gasteiger partial charge is 0.490 e. The topological polar surface area (TPSA) is 151 Å². The Morgan fingerprint density at radius 1 is 1.02 bits per heavy atom. The minimum atomic E-state index is -5.08. The zero-order valence-electron chi connectivity index (χ0n) is 23.4. The van der Waals surface area contributed by atoms with E-state index in [4.69, 9.17) is 15.6 Å². The number of nitrogens with two attached hydrogens (primary N) is 1. The molecule has 1 heterocycles. The summed E-state index contributed by atoms with van der Waals surface area (Å²) in [4.78, 5) is 26.7. The van der Waals surface area contributed by atoms with Crippen LogP contribution in [-0.2, 0) is 32.4 Å². The second-order valence-electron chi connectivity index (χ2n) is 9.61. The zero-order chi connectivity index (χ0) is 31.8. The number of nitrogen functional groups attached to an aromatic ring is 1. The molecule has 0 bridgehead atoms. The minimum Gasteiger partial charge on any atom is -0.475 e. The van der Waals surface area contributed by atoms with Gasteiger partial charge in [-0.05, 0) is 58.8 Å². The number of nitrogens with one attached hydrogen (secondary N) is 2. The van der Waals surface area contributed by atoms with Crippen molar-refractivity contribution in [3.05, 3.63) is 95.7 Å². The Balaban J connectivity index is 0.000000646. The van der Waals surface area contributed by atoms with Crippen LogP contribution in [-0.4, -0.2) is 42.8 Å². The summed E-state index contributed by atoms with van der Waals surface area (Å²) in [5.41, 5.74) is 9.26. The molecule has 3 aromatic carbocycles. The van der Waals surface area contributed by atoms with Crippen molar-refractivity contribution in [3.63, 3.8) is 0 Å². The summed E-state index contributed by atoms with van der Waals surface area (Å²) in [6, 6.07) is 21.5. The third kappa shape index (κ3) is 9.17. The Bertz CT molecular complexity index is 1710. The van der Waals surface area contributed by atoms with E-state index in [-0.39, 0.29) is 17.3 Å². The predicted octanol–water partition coefficient (Wildman–Crippen LogP) is 5.28. The van der Waals surface area contributed by atoms with Gasteiger partial charge in [0.25, 0.3) is 0 Å². The maximum atomic E-state index is 13.5. The van der Waals surface area contributed by atoms with Gasteiger partial charge >= 0.3 is 12.1 Å². The van der Waals surface area contributed by atoms with E-state index in [2.05, 4.69) is 28.6 Å². The standard InChI is InChI=1S/C28H30N4O3S.C2HF3O2/c1-3-7-19-8-6-10-21(16-19)26(32-23-12-13-24-20(17-23)14-15-30-27(24)29)28(33)31-18-22-9-4-5-11-25(22)36(2,34)35;3-2(4,5)1(6)7/h4-6,8-17,26,32H,3,7,18H2,1-2H3,(H2,29,30)(H,31,33);(H,6,7). The first kappa shape index (κ1) is 32.9. The SMILES string of the molecule is CCCc1cccc(C(Nc2ccc3c(N)nccc3c2)C(=O)NCc2ccccc2S(C)(=O)=O)c1.O=C(O)C(F)(F)F. The molecule has 228 valence electrons. The average molecular weight is 617 g/mol. The van der Waals surface area contributed by atoms with Gasteiger partial charge in [0.1, 0.15) is 11.9 Å². The van der Waals surface area contributed by atoms with Crippen molar-refractivity contribution < 1.29 is 36.3 Å². The second kappa shape index (κ2) is 14.0. The number of carboxylic acid groups (broad SMARTS) is 1. The molecule has 0 fully saturated rings. The fourth-order valence-electron chi connectivity index (χ4n) is 4.27. The number of hydrogen-bond donors (Lipinski definition) is 4. The van der Waals surface area contributed by atoms with Crippen LogP contribution in [0.4, 0.5) is 24.7 Å².